The molecule has 0 N–H and O–H groups in total. The summed E-state index contributed by atoms with van der Waals surface area (Å²) in [5.74, 6) is -0.854. The minimum absolute atomic E-state index is 0.258. The van der Waals surface area contributed by atoms with Crippen molar-refractivity contribution in [3.05, 3.63) is 95.1 Å². The average molecular weight is 369 g/mol. The Morgan fingerprint density at radius 3 is 2.21 bits per heavy atom. The number of nitrogens with zero attached hydrogens (tertiary/aromatic N) is 1. The lowest BCUT2D eigenvalue weighted by atomic mass is 9.96. The van der Waals surface area contributed by atoms with E-state index >= 15 is 0 Å². The molecule has 0 saturated carbocycles. The molecule has 0 atom stereocenters. The SMILES string of the molecule is CCc1ccc(C(=O)COC(=O)c2ccccc2-c2ccccc2C#N)cc1. The molecular weight excluding hydrogens is 350 g/mol. The van der Waals surface area contributed by atoms with Crippen LogP contribution < -0.4 is 0 Å². The summed E-state index contributed by atoms with van der Waals surface area (Å²) in [6.45, 7) is 1.71. The molecule has 138 valence electrons. The zero-order chi connectivity index (χ0) is 19.9. The van der Waals surface area contributed by atoms with Crippen LogP contribution in [0.2, 0.25) is 0 Å². The van der Waals surface area contributed by atoms with Gasteiger partial charge in [-0.1, -0.05) is 67.6 Å². The molecule has 0 fully saturated rings. The second kappa shape index (κ2) is 8.79. The van der Waals surface area contributed by atoms with Crippen LogP contribution >= 0.6 is 0 Å². The van der Waals surface area contributed by atoms with Gasteiger partial charge in [-0.3, -0.25) is 4.79 Å². The minimum Gasteiger partial charge on any atom is -0.454 e. The van der Waals surface area contributed by atoms with E-state index in [1.54, 1.807) is 54.6 Å². The van der Waals surface area contributed by atoms with Crippen LogP contribution in [-0.2, 0) is 11.2 Å². The van der Waals surface area contributed by atoms with Crippen LogP contribution in [0.5, 0.6) is 0 Å². The first-order chi connectivity index (χ1) is 13.6. The molecule has 4 nitrogen and oxygen atoms in total. The molecule has 3 aromatic rings. The number of rotatable bonds is 6. The molecule has 0 aliphatic carbocycles. The van der Waals surface area contributed by atoms with Crippen LogP contribution in [0.4, 0.5) is 0 Å². The Hall–Kier alpha value is -3.71. The maximum atomic E-state index is 12.6. The summed E-state index contributed by atoms with van der Waals surface area (Å²) >= 11 is 0. The van der Waals surface area contributed by atoms with E-state index in [2.05, 4.69) is 6.07 Å². The van der Waals surface area contributed by atoms with Gasteiger partial charge in [-0.25, -0.2) is 4.79 Å². The molecule has 28 heavy (non-hydrogen) atoms. The van der Waals surface area contributed by atoms with Crippen molar-refractivity contribution in [2.45, 2.75) is 13.3 Å². The van der Waals surface area contributed by atoms with E-state index in [4.69, 9.17) is 4.74 Å². The summed E-state index contributed by atoms with van der Waals surface area (Å²) < 4.78 is 5.27. The van der Waals surface area contributed by atoms with Gasteiger partial charge in [0.05, 0.1) is 17.2 Å². The van der Waals surface area contributed by atoms with Crippen LogP contribution in [0.25, 0.3) is 11.1 Å². The molecule has 0 unspecified atom stereocenters. The fraction of sp³-hybridized carbons (Fsp3) is 0.125. The van der Waals surface area contributed by atoms with Gasteiger partial charge in [0.2, 0.25) is 0 Å². The van der Waals surface area contributed by atoms with Gasteiger partial charge in [-0.2, -0.15) is 5.26 Å². The lowest BCUT2D eigenvalue weighted by molar-refractivity contribution is 0.0475. The zero-order valence-electron chi connectivity index (χ0n) is 15.5. The number of ketones is 1. The molecule has 3 rings (SSSR count). The highest BCUT2D eigenvalue weighted by Gasteiger charge is 2.17. The van der Waals surface area contributed by atoms with Gasteiger partial charge in [-0.15, -0.1) is 0 Å². The lowest BCUT2D eigenvalue weighted by Crippen LogP contribution is -2.15. The maximum Gasteiger partial charge on any atom is 0.339 e. The Morgan fingerprint density at radius 2 is 1.54 bits per heavy atom. The highest BCUT2D eigenvalue weighted by molar-refractivity contribution is 6.01. The van der Waals surface area contributed by atoms with E-state index in [-0.39, 0.29) is 12.4 Å². The number of Topliss-reactive ketones (excluding diaryl/α,β-unsaturated/α-hetero) is 1. The molecule has 0 spiro atoms. The van der Waals surface area contributed by atoms with E-state index < -0.39 is 5.97 Å². The summed E-state index contributed by atoms with van der Waals surface area (Å²) in [6.07, 6.45) is 0.893. The third-order valence-electron chi connectivity index (χ3n) is 4.50. The molecule has 0 saturated heterocycles. The van der Waals surface area contributed by atoms with Gasteiger partial charge in [0, 0.05) is 11.1 Å². The van der Waals surface area contributed by atoms with Crippen molar-refractivity contribution in [1.29, 1.82) is 5.26 Å². The van der Waals surface area contributed by atoms with Gasteiger partial charge >= 0.3 is 5.97 Å². The van der Waals surface area contributed by atoms with Crippen molar-refractivity contribution in [3.8, 4) is 17.2 Å². The van der Waals surface area contributed by atoms with Crippen LogP contribution in [0.1, 0.15) is 38.8 Å². The second-order valence-electron chi connectivity index (χ2n) is 6.25. The topological polar surface area (TPSA) is 67.2 Å². The highest BCUT2D eigenvalue weighted by atomic mass is 16.5. The molecule has 4 heteroatoms. The quantitative estimate of drug-likeness (QED) is 0.461. The summed E-state index contributed by atoms with van der Waals surface area (Å²) in [5.41, 5.74) is 3.68. The highest BCUT2D eigenvalue weighted by Crippen LogP contribution is 2.27. The normalized spacial score (nSPS) is 10.1. The number of carbonyl (C=O) groups excluding carboxylic acids is 2. The Morgan fingerprint density at radius 1 is 0.893 bits per heavy atom. The Labute approximate surface area is 164 Å². The maximum absolute atomic E-state index is 12.6. The van der Waals surface area contributed by atoms with Crippen LogP contribution in [0.15, 0.2) is 72.8 Å². The van der Waals surface area contributed by atoms with Crippen molar-refractivity contribution in [2.75, 3.05) is 6.61 Å². The molecule has 0 heterocycles. The van der Waals surface area contributed by atoms with Crippen LogP contribution in [0, 0.1) is 11.3 Å². The van der Waals surface area contributed by atoms with E-state index in [0.717, 1.165) is 12.0 Å². The summed E-state index contributed by atoms with van der Waals surface area (Å²) in [4.78, 5) is 24.9. The number of ether oxygens (including phenoxy) is 1. The number of carbonyl (C=O) groups is 2. The number of hydrogen-bond donors (Lipinski definition) is 0. The number of benzene rings is 3. The van der Waals surface area contributed by atoms with Crippen LogP contribution in [0.3, 0.4) is 0 Å². The fourth-order valence-corrected chi connectivity index (χ4v) is 2.93. The number of hydrogen-bond acceptors (Lipinski definition) is 4. The monoisotopic (exact) mass is 369 g/mol. The second-order valence-corrected chi connectivity index (χ2v) is 6.25. The average Bonchev–Trinajstić information content (AvgIpc) is 2.77. The lowest BCUT2D eigenvalue weighted by Gasteiger charge is -2.11. The fourth-order valence-electron chi connectivity index (χ4n) is 2.93. The molecule has 3 aromatic carbocycles. The third kappa shape index (κ3) is 4.16. The molecule has 0 amide bonds. The molecule has 0 aliphatic rings. The van der Waals surface area contributed by atoms with E-state index in [9.17, 15) is 14.9 Å². The number of nitriles is 1. The molecule has 0 radical (unpaired) electrons. The van der Waals surface area contributed by atoms with Crippen molar-refractivity contribution in [3.63, 3.8) is 0 Å². The van der Waals surface area contributed by atoms with Crippen molar-refractivity contribution in [1.82, 2.24) is 0 Å². The van der Waals surface area contributed by atoms with Gasteiger partial charge in [0.1, 0.15) is 0 Å². The zero-order valence-corrected chi connectivity index (χ0v) is 15.5. The largest absolute Gasteiger partial charge is 0.454 e. The van der Waals surface area contributed by atoms with Crippen molar-refractivity contribution in [2.24, 2.45) is 0 Å². The Kier molecular flexibility index (Phi) is 5.98. The molecule has 0 bridgehead atoms. The van der Waals surface area contributed by atoms with Crippen LogP contribution in [-0.4, -0.2) is 18.4 Å². The first-order valence-electron chi connectivity index (χ1n) is 9.01. The predicted octanol–water partition coefficient (Wildman–Crippen LogP) is 4.83. The summed E-state index contributed by atoms with van der Waals surface area (Å²) in [7, 11) is 0. The Bertz CT molecular complexity index is 1050. The first-order valence-corrected chi connectivity index (χ1v) is 9.01. The molecule has 0 aliphatic heterocycles. The number of aryl methyl sites for hydroxylation is 1. The van der Waals surface area contributed by atoms with Gasteiger partial charge in [0.15, 0.2) is 12.4 Å². The van der Waals surface area contributed by atoms with Gasteiger partial charge in [0.25, 0.3) is 0 Å². The molecule has 0 aromatic heterocycles. The number of esters is 1. The standard InChI is InChI=1S/C24H19NO3/c1-2-17-11-13-18(14-12-17)23(26)16-28-24(27)22-10-6-5-9-21(22)20-8-4-3-7-19(20)15-25/h3-14H,2,16H2,1H3. The first kappa shape index (κ1) is 19.1. The summed E-state index contributed by atoms with van der Waals surface area (Å²) in [5, 5.41) is 9.34. The van der Waals surface area contributed by atoms with E-state index in [0.29, 0.717) is 27.8 Å². The third-order valence-corrected chi connectivity index (χ3v) is 4.50. The van der Waals surface area contributed by atoms with Gasteiger partial charge in [-0.05, 0) is 29.7 Å². The molecular formula is C24H19NO3. The minimum atomic E-state index is -0.595. The smallest absolute Gasteiger partial charge is 0.339 e. The predicted molar refractivity (Wildman–Crippen MR) is 107 cm³/mol. The van der Waals surface area contributed by atoms with Gasteiger partial charge < -0.3 is 4.74 Å². The summed E-state index contributed by atoms with van der Waals surface area (Å²) in [6, 6.07) is 23.4. The van der Waals surface area contributed by atoms with E-state index in [1.165, 1.54) is 0 Å². The van der Waals surface area contributed by atoms with Crippen molar-refractivity contribution >= 4 is 11.8 Å². The Balaban J connectivity index is 1.78. The van der Waals surface area contributed by atoms with Crippen molar-refractivity contribution < 1.29 is 14.3 Å². The van der Waals surface area contributed by atoms with E-state index in [1.807, 2.05) is 25.1 Å².